The van der Waals surface area contributed by atoms with Gasteiger partial charge in [-0.2, -0.15) is 0 Å². The minimum atomic E-state index is -0.540. The van der Waals surface area contributed by atoms with E-state index in [1.165, 1.54) is 18.2 Å². The van der Waals surface area contributed by atoms with Gasteiger partial charge in [0.1, 0.15) is 0 Å². The predicted molar refractivity (Wildman–Crippen MR) is 103 cm³/mol. The predicted octanol–water partition coefficient (Wildman–Crippen LogP) is 3.43. The van der Waals surface area contributed by atoms with Crippen LogP contribution in [0.25, 0.3) is 0 Å². The highest BCUT2D eigenvalue weighted by Crippen LogP contribution is 2.25. The van der Waals surface area contributed by atoms with Gasteiger partial charge >= 0.3 is 0 Å². The van der Waals surface area contributed by atoms with E-state index in [2.05, 4.69) is 10.3 Å². The van der Waals surface area contributed by atoms with Crippen LogP contribution in [-0.2, 0) is 6.54 Å². The monoisotopic (exact) mass is 388 g/mol. The molecule has 2 aromatic rings. The van der Waals surface area contributed by atoms with Crippen molar-refractivity contribution in [3.05, 3.63) is 69.0 Å². The van der Waals surface area contributed by atoms with Crippen LogP contribution < -0.4 is 5.32 Å². The topological polar surface area (TPSA) is 88.4 Å². The highest BCUT2D eigenvalue weighted by molar-refractivity contribution is 6.31. The summed E-state index contributed by atoms with van der Waals surface area (Å²) in [6, 6.07) is 9.63. The molecule has 0 spiro atoms. The average Bonchev–Trinajstić information content (AvgIpc) is 2.95. The fraction of sp³-hybridized carbons (Fsp3) is 0.368. The van der Waals surface area contributed by atoms with Crippen LogP contribution in [0.15, 0.2) is 42.6 Å². The summed E-state index contributed by atoms with van der Waals surface area (Å²) >= 11 is 6.02. The number of nitrogens with zero attached hydrogens (tertiary/aromatic N) is 3. The largest absolute Gasteiger partial charge is 0.330 e. The first-order valence-electron chi connectivity index (χ1n) is 8.91. The van der Waals surface area contributed by atoms with E-state index < -0.39 is 4.92 Å². The molecule has 7 nitrogen and oxygen atoms in total. The zero-order valence-electron chi connectivity index (χ0n) is 14.8. The lowest BCUT2D eigenvalue weighted by molar-refractivity contribution is -0.384. The molecule has 0 radical (unpaired) electrons. The van der Waals surface area contributed by atoms with Gasteiger partial charge in [0.05, 0.1) is 17.2 Å². The van der Waals surface area contributed by atoms with Crippen LogP contribution in [0.5, 0.6) is 0 Å². The molecule has 142 valence electrons. The first kappa shape index (κ1) is 19.3. The molecule has 1 aromatic heterocycles. The Hall–Kier alpha value is -2.51. The van der Waals surface area contributed by atoms with Crippen molar-refractivity contribution in [1.29, 1.82) is 0 Å². The summed E-state index contributed by atoms with van der Waals surface area (Å²) in [5.41, 5.74) is 0.813. The number of pyridine rings is 1. The molecular weight excluding hydrogens is 368 g/mol. The van der Waals surface area contributed by atoms with Gasteiger partial charge in [-0.05, 0) is 50.6 Å². The standard InChI is InChI=1S/C19H21ClN4O3/c20-15-10-14(11-18(12-15)24(26)27)19(25)23(13-16-4-1-2-8-22-16)17-5-3-7-21-9-6-17/h1-2,4,8,10-12,17,21H,3,5-7,9,13H2. The molecule has 8 heteroatoms. The number of hydrogen-bond donors (Lipinski definition) is 1. The Labute approximate surface area is 162 Å². The van der Waals surface area contributed by atoms with Gasteiger partial charge in [0.2, 0.25) is 0 Å². The second kappa shape index (κ2) is 8.92. The number of benzene rings is 1. The second-order valence-corrected chi connectivity index (χ2v) is 6.98. The summed E-state index contributed by atoms with van der Waals surface area (Å²) in [4.78, 5) is 30.0. The summed E-state index contributed by atoms with van der Waals surface area (Å²) in [7, 11) is 0. The number of rotatable bonds is 5. The number of carbonyl (C=O) groups excluding carboxylic acids is 1. The van der Waals surface area contributed by atoms with Gasteiger partial charge in [0.25, 0.3) is 11.6 Å². The summed E-state index contributed by atoms with van der Waals surface area (Å²) in [5.74, 6) is -0.266. The first-order chi connectivity index (χ1) is 13.0. The fourth-order valence-corrected chi connectivity index (χ4v) is 3.54. The number of amides is 1. The lowest BCUT2D eigenvalue weighted by Gasteiger charge is -2.31. The van der Waals surface area contributed by atoms with Crippen LogP contribution in [-0.4, -0.2) is 39.8 Å². The highest BCUT2D eigenvalue weighted by Gasteiger charge is 2.27. The second-order valence-electron chi connectivity index (χ2n) is 6.54. The Balaban J connectivity index is 1.93. The van der Waals surface area contributed by atoms with Crippen LogP contribution >= 0.6 is 11.6 Å². The van der Waals surface area contributed by atoms with Gasteiger partial charge in [0.15, 0.2) is 0 Å². The van der Waals surface area contributed by atoms with Crippen LogP contribution in [0.4, 0.5) is 5.69 Å². The molecule has 1 unspecified atom stereocenters. The van der Waals surface area contributed by atoms with E-state index in [1.54, 1.807) is 11.1 Å². The molecular formula is C19H21ClN4O3. The SMILES string of the molecule is O=C(c1cc(Cl)cc([N+](=O)[O-])c1)N(Cc1ccccn1)C1CCCNCC1. The number of nitrogens with one attached hydrogen (secondary N) is 1. The summed E-state index contributed by atoms with van der Waals surface area (Å²) in [6.45, 7) is 2.10. The molecule has 27 heavy (non-hydrogen) atoms. The molecule has 0 aliphatic carbocycles. The Morgan fingerprint density at radius 2 is 2.15 bits per heavy atom. The molecule has 1 atom stereocenters. The molecule has 1 saturated heterocycles. The van der Waals surface area contributed by atoms with Gasteiger partial charge < -0.3 is 10.2 Å². The number of hydrogen-bond acceptors (Lipinski definition) is 5. The van der Waals surface area contributed by atoms with Crippen molar-refractivity contribution in [1.82, 2.24) is 15.2 Å². The molecule has 1 fully saturated rings. The Morgan fingerprint density at radius 1 is 1.30 bits per heavy atom. The summed E-state index contributed by atoms with van der Waals surface area (Å²) < 4.78 is 0. The Morgan fingerprint density at radius 3 is 2.89 bits per heavy atom. The van der Waals surface area contributed by atoms with Gasteiger partial charge in [-0.3, -0.25) is 19.9 Å². The molecule has 1 N–H and O–H groups in total. The maximum absolute atomic E-state index is 13.3. The smallest absolute Gasteiger partial charge is 0.271 e. The number of nitro benzene ring substituents is 1. The van der Waals surface area contributed by atoms with Gasteiger partial charge in [-0.1, -0.05) is 17.7 Å². The van der Waals surface area contributed by atoms with E-state index in [4.69, 9.17) is 11.6 Å². The molecule has 1 aliphatic rings. The van der Waals surface area contributed by atoms with Crippen LogP contribution in [0.1, 0.15) is 35.3 Å². The number of aromatic nitrogens is 1. The van der Waals surface area contributed by atoms with E-state index in [0.717, 1.165) is 38.0 Å². The van der Waals surface area contributed by atoms with Crippen molar-refractivity contribution in [2.75, 3.05) is 13.1 Å². The maximum atomic E-state index is 13.3. The third kappa shape index (κ3) is 5.02. The minimum absolute atomic E-state index is 0.0348. The van der Waals surface area contributed by atoms with E-state index in [9.17, 15) is 14.9 Å². The van der Waals surface area contributed by atoms with E-state index in [0.29, 0.717) is 6.54 Å². The fourth-order valence-electron chi connectivity index (χ4n) is 3.31. The maximum Gasteiger partial charge on any atom is 0.271 e. The zero-order valence-corrected chi connectivity index (χ0v) is 15.6. The van der Waals surface area contributed by atoms with E-state index in [-0.39, 0.29) is 28.2 Å². The Kier molecular flexibility index (Phi) is 6.36. The van der Waals surface area contributed by atoms with Crippen molar-refractivity contribution >= 4 is 23.2 Å². The molecule has 1 aromatic carbocycles. The lowest BCUT2D eigenvalue weighted by Crippen LogP contribution is -2.40. The number of halogens is 1. The van der Waals surface area contributed by atoms with Crippen molar-refractivity contribution in [3.63, 3.8) is 0 Å². The lowest BCUT2D eigenvalue weighted by atomic mass is 10.0. The average molecular weight is 389 g/mol. The van der Waals surface area contributed by atoms with Crippen LogP contribution in [0.2, 0.25) is 5.02 Å². The molecule has 2 heterocycles. The molecule has 3 rings (SSSR count). The molecule has 0 bridgehead atoms. The van der Waals surface area contributed by atoms with Crippen LogP contribution in [0.3, 0.4) is 0 Å². The number of carbonyl (C=O) groups is 1. The van der Waals surface area contributed by atoms with Gasteiger partial charge in [-0.25, -0.2) is 0 Å². The Bertz CT molecular complexity index is 808. The quantitative estimate of drug-likeness (QED) is 0.626. The third-order valence-corrected chi connectivity index (χ3v) is 4.86. The molecule has 1 amide bonds. The highest BCUT2D eigenvalue weighted by atomic mass is 35.5. The first-order valence-corrected chi connectivity index (χ1v) is 9.29. The third-order valence-electron chi connectivity index (χ3n) is 4.65. The normalized spacial score (nSPS) is 17.1. The van der Waals surface area contributed by atoms with Crippen molar-refractivity contribution in [2.24, 2.45) is 0 Å². The number of nitro groups is 1. The zero-order chi connectivity index (χ0) is 19.2. The van der Waals surface area contributed by atoms with E-state index in [1.807, 2.05) is 18.2 Å². The van der Waals surface area contributed by atoms with Gasteiger partial charge in [0, 0.05) is 35.0 Å². The van der Waals surface area contributed by atoms with Crippen molar-refractivity contribution < 1.29 is 9.72 Å². The van der Waals surface area contributed by atoms with E-state index >= 15 is 0 Å². The molecule has 1 aliphatic heterocycles. The van der Waals surface area contributed by atoms with Gasteiger partial charge in [-0.15, -0.1) is 0 Å². The number of non-ortho nitro benzene ring substituents is 1. The van der Waals surface area contributed by atoms with Crippen molar-refractivity contribution in [3.8, 4) is 0 Å². The minimum Gasteiger partial charge on any atom is -0.330 e. The van der Waals surface area contributed by atoms with Crippen LogP contribution in [0, 0.1) is 10.1 Å². The van der Waals surface area contributed by atoms with Crippen molar-refractivity contribution in [2.45, 2.75) is 31.8 Å². The summed E-state index contributed by atoms with van der Waals surface area (Å²) in [6.07, 6.45) is 4.35. The molecule has 0 saturated carbocycles. The summed E-state index contributed by atoms with van der Waals surface area (Å²) in [5, 5.41) is 14.7.